The molecule has 0 spiro atoms. The number of anilines is 1. The minimum absolute atomic E-state index is 0.311. The molecule has 1 aromatic carbocycles. The van der Waals surface area contributed by atoms with Gasteiger partial charge in [0.05, 0.1) is 11.1 Å². The van der Waals surface area contributed by atoms with Crippen molar-refractivity contribution in [2.75, 3.05) is 5.32 Å². The third-order valence-corrected chi connectivity index (χ3v) is 3.25. The second kappa shape index (κ2) is 4.74. The Bertz CT molecular complexity index is 743. The van der Waals surface area contributed by atoms with E-state index in [0.717, 1.165) is 0 Å². The van der Waals surface area contributed by atoms with Crippen LogP contribution in [0.15, 0.2) is 42.0 Å². The molecular formula is C13H8FN3OS. The maximum absolute atomic E-state index is 13.1. The first-order chi connectivity index (χ1) is 9.22. The number of carbonyl (C=O) groups is 1. The summed E-state index contributed by atoms with van der Waals surface area (Å²) in [6.45, 7) is 0. The molecule has 0 aliphatic carbocycles. The van der Waals surface area contributed by atoms with E-state index in [1.54, 1.807) is 23.7 Å². The van der Waals surface area contributed by atoms with Gasteiger partial charge in [-0.15, -0.1) is 11.3 Å². The molecule has 4 nitrogen and oxygen atoms in total. The zero-order valence-electron chi connectivity index (χ0n) is 9.63. The molecule has 0 aliphatic rings. The zero-order valence-corrected chi connectivity index (χ0v) is 10.4. The normalized spacial score (nSPS) is 10.6. The van der Waals surface area contributed by atoms with Crippen LogP contribution in [0.5, 0.6) is 0 Å². The van der Waals surface area contributed by atoms with Gasteiger partial charge < -0.3 is 0 Å². The second-order valence-corrected chi connectivity index (χ2v) is 4.75. The molecule has 94 valence electrons. The lowest BCUT2D eigenvalue weighted by Gasteiger charge is -2.03. The van der Waals surface area contributed by atoms with Crippen molar-refractivity contribution in [3.8, 4) is 0 Å². The summed E-state index contributed by atoms with van der Waals surface area (Å²) in [5, 5.41) is 5.53. The van der Waals surface area contributed by atoms with Crippen molar-refractivity contribution in [3.63, 3.8) is 0 Å². The molecule has 0 radical (unpaired) electrons. The zero-order chi connectivity index (χ0) is 13.2. The molecule has 1 N–H and O–H groups in total. The van der Waals surface area contributed by atoms with E-state index in [2.05, 4.69) is 15.3 Å². The van der Waals surface area contributed by atoms with E-state index in [0.29, 0.717) is 21.6 Å². The van der Waals surface area contributed by atoms with E-state index in [1.165, 1.54) is 29.7 Å². The highest BCUT2D eigenvalue weighted by molar-refractivity contribution is 7.13. The molecule has 0 atom stereocenters. The Morgan fingerprint density at radius 1 is 1.26 bits per heavy atom. The number of fused-ring (bicyclic) bond motifs is 1. The number of rotatable bonds is 2. The third kappa shape index (κ3) is 2.43. The Morgan fingerprint density at radius 3 is 2.95 bits per heavy atom. The molecule has 2 aromatic heterocycles. The van der Waals surface area contributed by atoms with E-state index < -0.39 is 0 Å². The number of hydrogen-bond acceptors (Lipinski definition) is 4. The molecule has 0 saturated heterocycles. The molecule has 0 aliphatic heterocycles. The van der Waals surface area contributed by atoms with Crippen LogP contribution in [0.4, 0.5) is 9.52 Å². The van der Waals surface area contributed by atoms with Crippen molar-refractivity contribution < 1.29 is 9.18 Å². The van der Waals surface area contributed by atoms with Crippen molar-refractivity contribution in [1.29, 1.82) is 0 Å². The van der Waals surface area contributed by atoms with Gasteiger partial charge in [-0.05, 0) is 24.3 Å². The Balaban J connectivity index is 1.94. The summed E-state index contributed by atoms with van der Waals surface area (Å²) < 4.78 is 13.1. The topological polar surface area (TPSA) is 54.9 Å². The number of hydrogen-bond donors (Lipinski definition) is 1. The van der Waals surface area contributed by atoms with Crippen LogP contribution in [0.25, 0.3) is 10.9 Å². The molecule has 19 heavy (non-hydrogen) atoms. The summed E-state index contributed by atoms with van der Waals surface area (Å²) >= 11 is 1.33. The SMILES string of the molecule is O=C(Nc1nccs1)c1cnc2ccc(F)cc2c1. The number of pyridine rings is 1. The third-order valence-electron chi connectivity index (χ3n) is 2.56. The van der Waals surface area contributed by atoms with Gasteiger partial charge in [0.15, 0.2) is 5.13 Å². The number of amides is 1. The molecule has 3 rings (SSSR count). The van der Waals surface area contributed by atoms with Gasteiger partial charge in [-0.2, -0.15) is 0 Å². The molecule has 0 unspecified atom stereocenters. The number of nitrogens with zero attached hydrogens (tertiary/aromatic N) is 2. The van der Waals surface area contributed by atoms with Gasteiger partial charge in [0, 0.05) is 23.2 Å². The lowest BCUT2D eigenvalue weighted by Crippen LogP contribution is -2.11. The van der Waals surface area contributed by atoms with Crippen LogP contribution in [0.2, 0.25) is 0 Å². The van der Waals surface area contributed by atoms with E-state index in [4.69, 9.17) is 0 Å². The fourth-order valence-electron chi connectivity index (χ4n) is 1.68. The average Bonchev–Trinajstić information content (AvgIpc) is 2.90. The molecule has 3 aromatic rings. The first-order valence-corrected chi connectivity index (χ1v) is 6.36. The quantitative estimate of drug-likeness (QED) is 0.780. The van der Waals surface area contributed by atoms with E-state index in [-0.39, 0.29) is 11.7 Å². The van der Waals surface area contributed by atoms with Gasteiger partial charge >= 0.3 is 0 Å². The first-order valence-electron chi connectivity index (χ1n) is 5.48. The summed E-state index contributed by atoms with van der Waals surface area (Å²) in [6, 6.07) is 5.87. The van der Waals surface area contributed by atoms with Crippen molar-refractivity contribution in [2.45, 2.75) is 0 Å². The summed E-state index contributed by atoms with van der Waals surface area (Å²) in [5.74, 6) is -0.666. The van der Waals surface area contributed by atoms with Crippen LogP contribution in [-0.4, -0.2) is 15.9 Å². The van der Waals surface area contributed by atoms with Gasteiger partial charge in [-0.1, -0.05) is 0 Å². The number of carbonyl (C=O) groups excluding carboxylic acids is 1. The van der Waals surface area contributed by atoms with Crippen molar-refractivity contribution in [3.05, 3.63) is 53.4 Å². The molecule has 6 heteroatoms. The highest BCUT2D eigenvalue weighted by Crippen LogP contribution is 2.17. The Hall–Kier alpha value is -2.34. The molecular weight excluding hydrogens is 265 g/mol. The van der Waals surface area contributed by atoms with Crippen molar-refractivity contribution in [2.24, 2.45) is 0 Å². The molecule has 1 amide bonds. The summed E-state index contributed by atoms with van der Waals surface area (Å²) in [6.07, 6.45) is 3.07. The predicted octanol–water partition coefficient (Wildman–Crippen LogP) is 3.08. The maximum atomic E-state index is 13.1. The monoisotopic (exact) mass is 273 g/mol. The molecule has 0 fully saturated rings. The van der Waals surface area contributed by atoms with Crippen LogP contribution >= 0.6 is 11.3 Å². The van der Waals surface area contributed by atoms with E-state index >= 15 is 0 Å². The average molecular weight is 273 g/mol. The second-order valence-electron chi connectivity index (χ2n) is 3.85. The lowest BCUT2D eigenvalue weighted by molar-refractivity contribution is 0.102. The predicted molar refractivity (Wildman–Crippen MR) is 71.8 cm³/mol. The Labute approximate surface area is 111 Å². The smallest absolute Gasteiger partial charge is 0.259 e. The van der Waals surface area contributed by atoms with Gasteiger partial charge in [0.1, 0.15) is 5.82 Å². The molecule has 0 saturated carbocycles. The maximum Gasteiger partial charge on any atom is 0.259 e. The molecule has 0 bridgehead atoms. The summed E-state index contributed by atoms with van der Waals surface area (Å²) in [5.41, 5.74) is 1.01. The van der Waals surface area contributed by atoms with Gasteiger partial charge in [0.2, 0.25) is 0 Å². The first kappa shape index (κ1) is 11.7. The highest BCUT2D eigenvalue weighted by atomic mass is 32.1. The summed E-state index contributed by atoms with van der Waals surface area (Å²) in [4.78, 5) is 20.1. The van der Waals surface area contributed by atoms with E-state index in [1.807, 2.05) is 0 Å². The fourth-order valence-corrected chi connectivity index (χ4v) is 2.21. The number of thiazole rings is 1. The summed E-state index contributed by atoms with van der Waals surface area (Å²) in [7, 11) is 0. The van der Waals surface area contributed by atoms with Gasteiger partial charge in [0.25, 0.3) is 5.91 Å². The number of aromatic nitrogens is 2. The highest BCUT2D eigenvalue weighted by Gasteiger charge is 2.09. The number of halogens is 1. The van der Waals surface area contributed by atoms with Crippen LogP contribution in [0, 0.1) is 5.82 Å². The van der Waals surface area contributed by atoms with Gasteiger partial charge in [-0.25, -0.2) is 9.37 Å². The minimum Gasteiger partial charge on any atom is -0.298 e. The minimum atomic E-state index is -0.355. The number of benzene rings is 1. The van der Waals surface area contributed by atoms with Gasteiger partial charge in [-0.3, -0.25) is 15.1 Å². The fraction of sp³-hybridized carbons (Fsp3) is 0. The number of nitrogens with one attached hydrogen (secondary N) is 1. The standard InChI is InChI=1S/C13H8FN3OS/c14-10-1-2-11-8(6-10)5-9(7-16-11)12(18)17-13-15-3-4-19-13/h1-7H,(H,15,17,18). The van der Waals surface area contributed by atoms with Crippen molar-refractivity contribution in [1.82, 2.24) is 9.97 Å². The van der Waals surface area contributed by atoms with Crippen LogP contribution in [0.3, 0.4) is 0 Å². The van der Waals surface area contributed by atoms with Crippen molar-refractivity contribution >= 4 is 33.3 Å². The lowest BCUT2D eigenvalue weighted by atomic mass is 10.1. The Morgan fingerprint density at radius 2 is 2.16 bits per heavy atom. The largest absolute Gasteiger partial charge is 0.298 e. The van der Waals surface area contributed by atoms with Crippen LogP contribution in [-0.2, 0) is 0 Å². The van der Waals surface area contributed by atoms with Crippen LogP contribution in [0.1, 0.15) is 10.4 Å². The van der Waals surface area contributed by atoms with E-state index in [9.17, 15) is 9.18 Å². The van der Waals surface area contributed by atoms with Crippen LogP contribution < -0.4 is 5.32 Å². The Kier molecular flexibility index (Phi) is 2.92. The molecule has 2 heterocycles.